The zero-order valence-corrected chi connectivity index (χ0v) is 7.92. The van der Waals surface area contributed by atoms with E-state index in [1.54, 1.807) is 12.1 Å². The van der Waals surface area contributed by atoms with Crippen LogP contribution in [0.2, 0.25) is 0 Å². The minimum atomic E-state index is -0.254. The molecule has 1 rings (SSSR count). The molecule has 0 N–H and O–H groups in total. The number of halogens is 2. The van der Waals surface area contributed by atoms with Crippen LogP contribution in [0.15, 0.2) is 24.3 Å². The van der Waals surface area contributed by atoms with Crippen LogP contribution >= 0.6 is 15.9 Å². The topological polar surface area (TPSA) is 17.1 Å². The van der Waals surface area contributed by atoms with Crippen molar-refractivity contribution in [1.29, 1.82) is 0 Å². The second kappa shape index (κ2) is 4.36. The summed E-state index contributed by atoms with van der Waals surface area (Å²) >= 11 is 3.17. The molecule has 1 atom stereocenters. The second-order valence-electron chi connectivity index (χ2n) is 2.48. The summed E-state index contributed by atoms with van der Waals surface area (Å²) in [4.78, 5) is 10.1. The number of hydrogen-bond acceptors (Lipinski definition) is 1. The largest absolute Gasteiger partial charge is 0.302 e. The highest BCUT2D eigenvalue weighted by atomic mass is 79.9. The van der Waals surface area contributed by atoms with E-state index >= 15 is 0 Å². The third kappa shape index (κ3) is 2.74. The third-order valence-corrected chi connectivity index (χ3v) is 2.03. The molecule has 0 amide bonds. The molecule has 0 aromatic heterocycles. The molecule has 1 aromatic carbocycles. The van der Waals surface area contributed by atoms with E-state index in [-0.39, 0.29) is 10.6 Å². The summed E-state index contributed by atoms with van der Waals surface area (Å²) < 4.78 is 12.4. The number of aldehydes is 1. The molecule has 1 unspecified atom stereocenters. The molecule has 3 heteroatoms. The van der Waals surface area contributed by atoms with E-state index in [1.165, 1.54) is 12.1 Å². The average Bonchev–Trinajstić information content (AvgIpc) is 2.09. The molecule has 12 heavy (non-hydrogen) atoms. The molecule has 0 radical (unpaired) electrons. The lowest BCUT2D eigenvalue weighted by Gasteiger charge is -2.01. The summed E-state index contributed by atoms with van der Waals surface area (Å²) in [7, 11) is 0. The Hall–Kier alpha value is -0.700. The molecule has 1 aromatic rings. The van der Waals surface area contributed by atoms with Crippen LogP contribution in [0.5, 0.6) is 0 Å². The Morgan fingerprint density at radius 2 is 2.00 bits per heavy atom. The molecule has 0 saturated heterocycles. The van der Waals surface area contributed by atoms with Gasteiger partial charge in [0.25, 0.3) is 0 Å². The summed E-state index contributed by atoms with van der Waals surface area (Å²) in [5, 5.41) is 0. The first kappa shape index (κ1) is 9.39. The van der Waals surface area contributed by atoms with Crippen molar-refractivity contribution < 1.29 is 9.18 Å². The molecule has 0 bridgehead atoms. The van der Waals surface area contributed by atoms with E-state index < -0.39 is 0 Å². The Morgan fingerprint density at radius 3 is 2.50 bits per heavy atom. The van der Waals surface area contributed by atoms with Crippen molar-refractivity contribution in [3.05, 3.63) is 35.6 Å². The summed E-state index contributed by atoms with van der Waals surface area (Å²) in [6, 6.07) is 6.12. The summed E-state index contributed by atoms with van der Waals surface area (Å²) in [6.07, 6.45) is 1.42. The van der Waals surface area contributed by atoms with Crippen LogP contribution in [0.3, 0.4) is 0 Å². The molecule has 0 fully saturated rings. The van der Waals surface area contributed by atoms with E-state index in [9.17, 15) is 9.18 Å². The lowest BCUT2D eigenvalue weighted by molar-refractivity contribution is -0.107. The van der Waals surface area contributed by atoms with E-state index in [1.807, 2.05) is 0 Å². The van der Waals surface area contributed by atoms with Crippen LogP contribution in [-0.2, 0) is 11.2 Å². The standard InChI is InChI=1S/C9H8BrFO/c10-8(6-12)5-7-1-3-9(11)4-2-7/h1-4,6,8H,5H2. The van der Waals surface area contributed by atoms with E-state index in [2.05, 4.69) is 15.9 Å². The zero-order valence-electron chi connectivity index (χ0n) is 6.34. The molecule has 1 nitrogen and oxygen atoms in total. The van der Waals surface area contributed by atoms with E-state index in [0.717, 1.165) is 11.8 Å². The lowest BCUT2D eigenvalue weighted by Crippen LogP contribution is -2.03. The Bertz CT molecular complexity index is 258. The molecular formula is C9H8BrFO. The highest BCUT2D eigenvalue weighted by Crippen LogP contribution is 2.08. The molecule has 0 aliphatic carbocycles. The van der Waals surface area contributed by atoms with Crippen LogP contribution in [0.25, 0.3) is 0 Å². The van der Waals surface area contributed by atoms with Gasteiger partial charge in [-0.15, -0.1) is 0 Å². The summed E-state index contributed by atoms with van der Waals surface area (Å²) in [6.45, 7) is 0. The van der Waals surface area contributed by atoms with Gasteiger partial charge in [0, 0.05) is 0 Å². The van der Waals surface area contributed by atoms with Gasteiger partial charge in [-0.3, -0.25) is 0 Å². The van der Waals surface area contributed by atoms with E-state index in [0.29, 0.717) is 6.42 Å². The molecule has 0 aliphatic heterocycles. The van der Waals surface area contributed by atoms with Gasteiger partial charge < -0.3 is 4.79 Å². The number of alkyl halides is 1. The molecule has 0 aliphatic rings. The highest BCUT2D eigenvalue weighted by molar-refractivity contribution is 9.09. The smallest absolute Gasteiger partial charge is 0.133 e. The molecule has 0 spiro atoms. The molecule has 64 valence electrons. The SMILES string of the molecule is O=CC(Br)Cc1ccc(F)cc1. The monoisotopic (exact) mass is 230 g/mol. The van der Waals surface area contributed by atoms with Gasteiger partial charge in [-0.1, -0.05) is 28.1 Å². The zero-order chi connectivity index (χ0) is 8.97. The van der Waals surface area contributed by atoms with Crippen molar-refractivity contribution >= 4 is 22.2 Å². The number of benzene rings is 1. The van der Waals surface area contributed by atoms with Crippen LogP contribution in [0.4, 0.5) is 4.39 Å². The third-order valence-electron chi connectivity index (χ3n) is 1.49. The van der Waals surface area contributed by atoms with Gasteiger partial charge in [-0.25, -0.2) is 4.39 Å². The fourth-order valence-electron chi connectivity index (χ4n) is 0.894. The first-order chi connectivity index (χ1) is 5.72. The first-order valence-electron chi connectivity index (χ1n) is 3.56. The number of carbonyl (C=O) groups is 1. The van der Waals surface area contributed by atoms with Crippen molar-refractivity contribution in [2.75, 3.05) is 0 Å². The Labute approximate surface area is 78.7 Å². The Balaban J connectivity index is 2.64. The van der Waals surface area contributed by atoms with Crippen LogP contribution in [0.1, 0.15) is 5.56 Å². The average molecular weight is 231 g/mol. The minimum Gasteiger partial charge on any atom is -0.302 e. The maximum absolute atomic E-state index is 12.4. The van der Waals surface area contributed by atoms with Crippen molar-refractivity contribution in [3.63, 3.8) is 0 Å². The number of carbonyl (C=O) groups excluding carboxylic acids is 1. The Kier molecular flexibility index (Phi) is 3.41. The van der Waals surface area contributed by atoms with E-state index in [4.69, 9.17) is 0 Å². The van der Waals surface area contributed by atoms with Crippen molar-refractivity contribution in [3.8, 4) is 0 Å². The van der Waals surface area contributed by atoms with Gasteiger partial charge in [0.05, 0.1) is 4.83 Å². The van der Waals surface area contributed by atoms with Crippen LogP contribution < -0.4 is 0 Å². The quantitative estimate of drug-likeness (QED) is 0.576. The second-order valence-corrected chi connectivity index (χ2v) is 3.66. The molecule has 0 saturated carbocycles. The fraction of sp³-hybridized carbons (Fsp3) is 0.222. The van der Waals surface area contributed by atoms with Gasteiger partial charge in [0.15, 0.2) is 0 Å². The molecular weight excluding hydrogens is 223 g/mol. The number of rotatable bonds is 3. The minimum absolute atomic E-state index is 0.178. The Morgan fingerprint density at radius 1 is 1.42 bits per heavy atom. The maximum Gasteiger partial charge on any atom is 0.133 e. The summed E-state index contributed by atoms with van der Waals surface area (Å²) in [5.74, 6) is -0.254. The fourth-order valence-corrected chi connectivity index (χ4v) is 1.27. The van der Waals surface area contributed by atoms with Gasteiger partial charge in [0.1, 0.15) is 12.1 Å². The van der Waals surface area contributed by atoms with Gasteiger partial charge in [0.2, 0.25) is 0 Å². The predicted molar refractivity (Wildman–Crippen MR) is 48.9 cm³/mol. The predicted octanol–water partition coefficient (Wildman–Crippen LogP) is 2.33. The summed E-state index contributed by atoms with van der Waals surface area (Å²) in [5.41, 5.74) is 0.949. The number of hydrogen-bond donors (Lipinski definition) is 0. The highest BCUT2D eigenvalue weighted by Gasteiger charge is 2.02. The van der Waals surface area contributed by atoms with Gasteiger partial charge >= 0.3 is 0 Å². The van der Waals surface area contributed by atoms with Crippen molar-refractivity contribution in [2.24, 2.45) is 0 Å². The molecule has 0 heterocycles. The van der Waals surface area contributed by atoms with Crippen LogP contribution in [-0.4, -0.2) is 11.1 Å². The van der Waals surface area contributed by atoms with Crippen LogP contribution in [0, 0.1) is 5.82 Å². The normalized spacial score (nSPS) is 12.5. The van der Waals surface area contributed by atoms with Crippen molar-refractivity contribution in [1.82, 2.24) is 0 Å². The first-order valence-corrected chi connectivity index (χ1v) is 4.48. The maximum atomic E-state index is 12.4. The van der Waals surface area contributed by atoms with Crippen molar-refractivity contribution in [2.45, 2.75) is 11.2 Å². The van der Waals surface area contributed by atoms with Gasteiger partial charge in [-0.2, -0.15) is 0 Å². The lowest BCUT2D eigenvalue weighted by atomic mass is 10.1. The van der Waals surface area contributed by atoms with Gasteiger partial charge in [-0.05, 0) is 24.1 Å².